The third kappa shape index (κ3) is 2.51. The van der Waals surface area contributed by atoms with Crippen molar-refractivity contribution in [3.8, 4) is 17.6 Å². The maximum Gasteiger partial charge on any atom is 0.586 e. The molecule has 2 aromatic rings. The average Bonchev–Trinajstić information content (AvgIpc) is 2.97. The summed E-state index contributed by atoms with van der Waals surface area (Å²) in [4.78, 5) is 1.61. The molecule has 0 amide bonds. The summed E-state index contributed by atoms with van der Waals surface area (Å²) in [5.41, 5.74) is 0.636. The van der Waals surface area contributed by atoms with Gasteiger partial charge >= 0.3 is 6.29 Å². The van der Waals surface area contributed by atoms with Crippen molar-refractivity contribution < 1.29 is 18.3 Å². The van der Waals surface area contributed by atoms with Crippen LogP contribution in [-0.2, 0) is 6.54 Å². The zero-order valence-corrected chi connectivity index (χ0v) is 10.8. The summed E-state index contributed by atoms with van der Waals surface area (Å²) < 4.78 is 34.4. The summed E-state index contributed by atoms with van der Waals surface area (Å²) in [6.07, 6.45) is -3.60. The maximum absolute atomic E-state index is 12.9. The Hall–Kier alpha value is -2.33. The number of anilines is 1. The number of nitriles is 1. The number of alkyl halides is 2. The Kier molecular flexibility index (Phi) is 2.95. The molecule has 1 aliphatic heterocycles. The second-order valence-corrected chi connectivity index (χ2v) is 5.23. The zero-order valence-electron chi connectivity index (χ0n) is 10.0. The largest absolute Gasteiger partial charge is 0.586 e. The SMILES string of the molecule is N#Cc1ccc(CNc2ccc3c(c2)OC(F)(F)O3)s1. The molecule has 0 bridgehead atoms. The standard InChI is InChI=1S/C13H8F2N2O2S/c14-13(15)18-11-4-1-8(5-12(11)19-13)17-7-10-3-2-9(6-16)20-10/h1-5,17H,7H2. The Bertz CT molecular complexity index is 694. The van der Waals surface area contributed by atoms with Crippen LogP contribution >= 0.6 is 11.3 Å². The lowest BCUT2D eigenvalue weighted by atomic mass is 10.2. The fourth-order valence-corrected chi connectivity index (χ4v) is 2.53. The van der Waals surface area contributed by atoms with Crippen molar-refractivity contribution in [3.05, 3.63) is 40.1 Å². The predicted molar refractivity (Wildman–Crippen MR) is 69.0 cm³/mol. The number of ether oxygens (including phenoxy) is 2. The van der Waals surface area contributed by atoms with Gasteiger partial charge < -0.3 is 14.8 Å². The Morgan fingerprint density at radius 3 is 2.75 bits per heavy atom. The van der Waals surface area contributed by atoms with Crippen molar-refractivity contribution in [1.82, 2.24) is 0 Å². The van der Waals surface area contributed by atoms with Crippen molar-refractivity contribution in [1.29, 1.82) is 5.26 Å². The summed E-state index contributed by atoms with van der Waals surface area (Å²) in [5, 5.41) is 11.8. The molecule has 0 radical (unpaired) electrons. The highest BCUT2D eigenvalue weighted by atomic mass is 32.1. The van der Waals surface area contributed by atoms with Gasteiger partial charge in [0, 0.05) is 23.2 Å². The highest BCUT2D eigenvalue weighted by Crippen LogP contribution is 2.42. The van der Waals surface area contributed by atoms with Gasteiger partial charge in [0.1, 0.15) is 10.9 Å². The van der Waals surface area contributed by atoms with Crippen LogP contribution < -0.4 is 14.8 Å². The summed E-state index contributed by atoms with van der Waals surface area (Å²) >= 11 is 1.38. The van der Waals surface area contributed by atoms with Crippen molar-refractivity contribution >= 4 is 17.0 Å². The summed E-state index contributed by atoms with van der Waals surface area (Å²) in [6, 6.07) is 10.1. The van der Waals surface area contributed by atoms with Gasteiger partial charge in [0.25, 0.3) is 0 Å². The molecule has 0 unspecified atom stereocenters. The minimum atomic E-state index is -3.60. The third-order valence-corrected chi connectivity index (χ3v) is 3.63. The van der Waals surface area contributed by atoms with E-state index in [-0.39, 0.29) is 11.5 Å². The zero-order chi connectivity index (χ0) is 14.2. The molecule has 2 heterocycles. The number of fused-ring (bicyclic) bond motifs is 1. The highest BCUT2D eigenvalue weighted by Gasteiger charge is 2.43. The molecule has 3 rings (SSSR count). The lowest BCUT2D eigenvalue weighted by Gasteiger charge is -2.05. The molecule has 102 valence electrons. The number of halogens is 2. The number of rotatable bonds is 3. The molecule has 7 heteroatoms. The van der Waals surface area contributed by atoms with Crippen LogP contribution in [0.5, 0.6) is 11.5 Å². The van der Waals surface area contributed by atoms with E-state index in [0.717, 1.165) is 4.88 Å². The number of nitrogens with zero attached hydrogens (tertiary/aromatic N) is 1. The molecule has 0 aliphatic carbocycles. The fraction of sp³-hybridized carbons (Fsp3) is 0.154. The lowest BCUT2D eigenvalue weighted by Crippen LogP contribution is -2.25. The van der Waals surface area contributed by atoms with E-state index in [4.69, 9.17) is 5.26 Å². The number of benzene rings is 1. The topological polar surface area (TPSA) is 54.3 Å². The molecule has 0 saturated heterocycles. The lowest BCUT2D eigenvalue weighted by molar-refractivity contribution is -0.286. The molecule has 1 N–H and O–H groups in total. The van der Waals surface area contributed by atoms with Gasteiger partial charge in [-0.05, 0) is 24.3 Å². The molecular weight excluding hydrogens is 286 g/mol. The van der Waals surface area contributed by atoms with Gasteiger partial charge in [0.2, 0.25) is 0 Å². The molecule has 1 aromatic carbocycles. The first-order valence-electron chi connectivity index (χ1n) is 5.68. The average molecular weight is 294 g/mol. The normalized spacial score (nSPS) is 14.8. The van der Waals surface area contributed by atoms with Gasteiger partial charge in [-0.25, -0.2) is 0 Å². The van der Waals surface area contributed by atoms with E-state index >= 15 is 0 Å². The van der Waals surface area contributed by atoms with Crippen molar-refractivity contribution in [2.75, 3.05) is 5.32 Å². The first-order valence-corrected chi connectivity index (χ1v) is 6.50. The van der Waals surface area contributed by atoms with Crippen LogP contribution in [0.4, 0.5) is 14.5 Å². The van der Waals surface area contributed by atoms with E-state index in [1.165, 1.54) is 23.5 Å². The molecule has 1 aromatic heterocycles. The Labute approximate surface area is 117 Å². The van der Waals surface area contributed by atoms with Gasteiger partial charge in [0.15, 0.2) is 11.5 Å². The fourth-order valence-electron chi connectivity index (χ4n) is 1.78. The minimum Gasteiger partial charge on any atom is -0.395 e. The number of hydrogen-bond acceptors (Lipinski definition) is 5. The van der Waals surface area contributed by atoms with Crippen LogP contribution in [0.2, 0.25) is 0 Å². The second-order valence-electron chi connectivity index (χ2n) is 4.06. The summed E-state index contributed by atoms with van der Waals surface area (Å²) in [7, 11) is 0. The van der Waals surface area contributed by atoms with E-state index in [1.54, 1.807) is 12.1 Å². The van der Waals surface area contributed by atoms with Gasteiger partial charge in [-0.15, -0.1) is 20.1 Å². The first kappa shape index (κ1) is 12.7. The molecule has 0 atom stereocenters. The maximum atomic E-state index is 12.9. The molecule has 0 spiro atoms. The number of hydrogen-bond donors (Lipinski definition) is 1. The van der Waals surface area contributed by atoms with Crippen molar-refractivity contribution in [3.63, 3.8) is 0 Å². The molecule has 0 saturated carbocycles. The first-order chi connectivity index (χ1) is 9.55. The smallest absolute Gasteiger partial charge is 0.395 e. The number of nitrogens with one attached hydrogen (secondary N) is 1. The summed E-state index contributed by atoms with van der Waals surface area (Å²) in [5.74, 6) is 0.0207. The van der Waals surface area contributed by atoms with Gasteiger partial charge in [0.05, 0.1) is 0 Å². The third-order valence-electron chi connectivity index (χ3n) is 2.64. The van der Waals surface area contributed by atoms with E-state index in [1.807, 2.05) is 6.07 Å². The van der Waals surface area contributed by atoms with Crippen molar-refractivity contribution in [2.45, 2.75) is 12.8 Å². The van der Waals surface area contributed by atoms with E-state index < -0.39 is 6.29 Å². The Balaban J connectivity index is 1.69. The van der Waals surface area contributed by atoms with Crippen molar-refractivity contribution in [2.24, 2.45) is 0 Å². The van der Waals surface area contributed by atoms with Crippen LogP contribution in [0.1, 0.15) is 9.75 Å². The van der Waals surface area contributed by atoms with Crippen LogP contribution in [0.15, 0.2) is 30.3 Å². The predicted octanol–water partition coefficient (Wildman–Crippen LogP) is 3.55. The molecule has 0 fully saturated rings. The van der Waals surface area contributed by atoms with Gasteiger partial charge in [-0.3, -0.25) is 0 Å². The van der Waals surface area contributed by atoms with Crippen LogP contribution in [0.25, 0.3) is 0 Å². The Morgan fingerprint density at radius 1 is 1.20 bits per heavy atom. The molecule has 1 aliphatic rings. The van der Waals surface area contributed by atoms with Crippen LogP contribution in [0.3, 0.4) is 0 Å². The van der Waals surface area contributed by atoms with Crippen LogP contribution in [0, 0.1) is 11.3 Å². The van der Waals surface area contributed by atoms with Gasteiger partial charge in [-0.1, -0.05) is 0 Å². The quantitative estimate of drug-likeness (QED) is 0.940. The molecular formula is C13H8F2N2O2S. The second kappa shape index (κ2) is 4.65. The van der Waals surface area contributed by atoms with Crippen LogP contribution in [-0.4, -0.2) is 6.29 Å². The van der Waals surface area contributed by atoms with E-state index in [9.17, 15) is 8.78 Å². The molecule has 20 heavy (non-hydrogen) atoms. The highest BCUT2D eigenvalue weighted by molar-refractivity contribution is 7.12. The monoisotopic (exact) mass is 294 g/mol. The molecule has 4 nitrogen and oxygen atoms in total. The van der Waals surface area contributed by atoms with E-state index in [2.05, 4.69) is 20.9 Å². The van der Waals surface area contributed by atoms with E-state index in [0.29, 0.717) is 17.1 Å². The Morgan fingerprint density at radius 2 is 2.00 bits per heavy atom. The number of thiophene rings is 1. The van der Waals surface area contributed by atoms with Gasteiger partial charge in [-0.2, -0.15) is 5.26 Å². The minimum absolute atomic E-state index is 0.00361. The summed E-state index contributed by atoms with van der Waals surface area (Å²) in [6.45, 7) is 0.502.